The molecule has 1 amide bonds. The lowest BCUT2D eigenvalue weighted by atomic mass is 10.0. The average Bonchev–Trinajstić information content (AvgIpc) is 3.08. The molecule has 3 rings (SSSR count). The van der Waals surface area contributed by atoms with Gasteiger partial charge in [-0.25, -0.2) is 0 Å². The van der Waals surface area contributed by atoms with Crippen molar-refractivity contribution in [3.05, 3.63) is 71.4 Å². The highest BCUT2D eigenvalue weighted by molar-refractivity contribution is 5.82. The van der Waals surface area contributed by atoms with E-state index in [1.807, 2.05) is 61.5 Å². The Labute approximate surface area is 164 Å². The maximum atomic E-state index is 12.6. The van der Waals surface area contributed by atoms with Crippen LogP contribution < -0.4 is 10.1 Å². The van der Waals surface area contributed by atoms with Crippen LogP contribution in [0.1, 0.15) is 16.8 Å². The molecule has 1 heterocycles. The molecule has 0 bridgehead atoms. The van der Waals surface area contributed by atoms with Gasteiger partial charge < -0.3 is 15.2 Å². The maximum Gasteiger partial charge on any atom is 0.224 e. The zero-order chi connectivity index (χ0) is 19.9. The van der Waals surface area contributed by atoms with Gasteiger partial charge >= 0.3 is 0 Å². The van der Waals surface area contributed by atoms with E-state index in [0.717, 1.165) is 33.8 Å². The normalized spacial score (nSPS) is 11.8. The Hall–Kier alpha value is -3.12. The van der Waals surface area contributed by atoms with Crippen molar-refractivity contribution < 1.29 is 14.6 Å². The molecule has 0 radical (unpaired) electrons. The van der Waals surface area contributed by atoms with Gasteiger partial charge in [0.15, 0.2) is 0 Å². The Morgan fingerprint density at radius 3 is 2.54 bits per heavy atom. The van der Waals surface area contributed by atoms with Gasteiger partial charge in [0.2, 0.25) is 5.91 Å². The molecule has 146 valence electrons. The van der Waals surface area contributed by atoms with E-state index >= 15 is 0 Å². The molecule has 0 fully saturated rings. The first-order valence-corrected chi connectivity index (χ1v) is 9.23. The van der Waals surface area contributed by atoms with E-state index in [1.54, 1.807) is 7.11 Å². The van der Waals surface area contributed by atoms with Crippen LogP contribution in [-0.2, 0) is 17.6 Å². The lowest BCUT2D eigenvalue weighted by molar-refractivity contribution is -0.121. The quantitative estimate of drug-likeness (QED) is 0.562. The van der Waals surface area contributed by atoms with Gasteiger partial charge in [-0.3, -0.25) is 9.89 Å². The first-order chi connectivity index (χ1) is 13.6. The number of benzene rings is 2. The molecular weight excluding hydrogens is 354 g/mol. The first-order valence-electron chi connectivity index (χ1n) is 9.23. The van der Waals surface area contributed by atoms with Crippen molar-refractivity contribution in [3.63, 3.8) is 0 Å². The van der Waals surface area contributed by atoms with Crippen LogP contribution in [0.15, 0.2) is 54.6 Å². The highest BCUT2D eigenvalue weighted by atomic mass is 16.5. The predicted molar refractivity (Wildman–Crippen MR) is 108 cm³/mol. The fraction of sp³-hybridized carbons (Fsp3) is 0.273. The molecule has 3 N–H and O–H groups in total. The standard InChI is InChI=1S/C22H25N3O3/c1-15-20(22(25-24-15)17-8-10-19(28-2)11-9-17)13-21(27)23-18(14-26)12-16-6-4-3-5-7-16/h3-11,18,26H,12-14H2,1-2H3,(H,23,27)(H,24,25)/t18-/m1/s1. The molecule has 0 saturated heterocycles. The second-order valence-electron chi connectivity index (χ2n) is 6.72. The molecular formula is C22H25N3O3. The third kappa shape index (κ3) is 4.78. The lowest BCUT2D eigenvalue weighted by Crippen LogP contribution is -2.40. The summed E-state index contributed by atoms with van der Waals surface area (Å²) in [5.74, 6) is 0.622. The number of aromatic amines is 1. The van der Waals surface area contributed by atoms with Crippen molar-refractivity contribution in [1.82, 2.24) is 15.5 Å². The number of nitrogens with one attached hydrogen (secondary N) is 2. The molecule has 2 aromatic carbocycles. The molecule has 6 heteroatoms. The second-order valence-corrected chi connectivity index (χ2v) is 6.72. The largest absolute Gasteiger partial charge is 0.497 e. The van der Waals surface area contributed by atoms with Gasteiger partial charge in [0.25, 0.3) is 0 Å². The van der Waals surface area contributed by atoms with Crippen molar-refractivity contribution in [2.75, 3.05) is 13.7 Å². The zero-order valence-corrected chi connectivity index (χ0v) is 16.1. The number of hydrogen-bond donors (Lipinski definition) is 3. The van der Waals surface area contributed by atoms with Crippen molar-refractivity contribution >= 4 is 5.91 Å². The number of aromatic nitrogens is 2. The lowest BCUT2D eigenvalue weighted by Gasteiger charge is -2.16. The Kier molecular flexibility index (Phi) is 6.45. The van der Waals surface area contributed by atoms with Crippen molar-refractivity contribution in [3.8, 4) is 17.0 Å². The topological polar surface area (TPSA) is 87.2 Å². The number of carbonyl (C=O) groups is 1. The molecule has 0 saturated carbocycles. The SMILES string of the molecule is COc1ccc(-c2n[nH]c(C)c2CC(=O)N[C@@H](CO)Cc2ccccc2)cc1. The van der Waals surface area contributed by atoms with E-state index in [4.69, 9.17) is 4.74 Å². The summed E-state index contributed by atoms with van der Waals surface area (Å²) in [5.41, 5.74) is 4.43. The van der Waals surface area contributed by atoms with Gasteiger partial charge in [0.1, 0.15) is 5.75 Å². The number of aliphatic hydroxyl groups is 1. The molecule has 0 aliphatic carbocycles. The number of hydrogen-bond acceptors (Lipinski definition) is 4. The number of aliphatic hydroxyl groups excluding tert-OH is 1. The maximum absolute atomic E-state index is 12.6. The Morgan fingerprint density at radius 2 is 1.89 bits per heavy atom. The van der Waals surface area contributed by atoms with Crippen LogP contribution >= 0.6 is 0 Å². The number of amides is 1. The van der Waals surface area contributed by atoms with E-state index in [2.05, 4.69) is 15.5 Å². The number of rotatable bonds is 8. The third-order valence-corrected chi connectivity index (χ3v) is 4.69. The van der Waals surface area contributed by atoms with Crippen LogP contribution in [-0.4, -0.2) is 41.0 Å². The van der Waals surface area contributed by atoms with Gasteiger partial charge in [-0.2, -0.15) is 5.10 Å². The molecule has 1 atom stereocenters. The Bertz CT molecular complexity index is 905. The van der Waals surface area contributed by atoms with Crippen LogP contribution in [0.2, 0.25) is 0 Å². The first kappa shape index (κ1) is 19.6. The van der Waals surface area contributed by atoms with Crippen molar-refractivity contribution in [2.24, 2.45) is 0 Å². The summed E-state index contributed by atoms with van der Waals surface area (Å²) in [6, 6.07) is 17.0. The van der Waals surface area contributed by atoms with E-state index in [9.17, 15) is 9.90 Å². The summed E-state index contributed by atoms with van der Waals surface area (Å²) in [7, 11) is 1.62. The number of H-pyrrole nitrogens is 1. The monoisotopic (exact) mass is 379 g/mol. The van der Waals surface area contributed by atoms with Gasteiger partial charge in [-0.05, 0) is 43.2 Å². The number of carbonyl (C=O) groups excluding carboxylic acids is 1. The molecule has 0 aliphatic heterocycles. The van der Waals surface area contributed by atoms with E-state index < -0.39 is 0 Å². The molecule has 28 heavy (non-hydrogen) atoms. The average molecular weight is 379 g/mol. The molecule has 1 aromatic heterocycles. The number of nitrogens with zero attached hydrogens (tertiary/aromatic N) is 1. The van der Waals surface area contributed by atoms with Gasteiger partial charge in [0.05, 0.1) is 31.9 Å². The smallest absolute Gasteiger partial charge is 0.224 e. The summed E-state index contributed by atoms with van der Waals surface area (Å²) in [4.78, 5) is 12.6. The van der Waals surface area contributed by atoms with Crippen LogP contribution in [0.4, 0.5) is 0 Å². The van der Waals surface area contributed by atoms with E-state index in [0.29, 0.717) is 6.42 Å². The van der Waals surface area contributed by atoms with Crippen molar-refractivity contribution in [1.29, 1.82) is 0 Å². The fourth-order valence-corrected chi connectivity index (χ4v) is 3.16. The van der Waals surface area contributed by atoms with Crippen molar-refractivity contribution in [2.45, 2.75) is 25.8 Å². The number of ether oxygens (including phenoxy) is 1. The van der Waals surface area contributed by atoms with Crippen LogP contribution in [0, 0.1) is 6.92 Å². The summed E-state index contributed by atoms with van der Waals surface area (Å²) in [6.45, 7) is 1.78. The second kappa shape index (κ2) is 9.19. The van der Waals surface area contributed by atoms with E-state index in [1.165, 1.54) is 0 Å². The highest BCUT2D eigenvalue weighted by Gasteiger charge is 2.18. The molecule has 0 spiro atoms. The molecule has 0 unspecified atom stereocenters. The van der Waals surface area contributed by atoms with Crippen LogP contribution in [0.25, 0.3) is 11.3 Å². The minimum atomic E-state index is -0.327. The van der Waals surface area contributed by atoms with Gasteiger partial charge in [0, 0.05) is 16.8 Å². The minimum Gasteiger partial charge on any atom is -0.497 e. The summed E-state index contributed by atoms with van der Waals surface area (Å²) in [6.07, 6.45) is 0.772. The zero-order valence-electron chi connectivity index (χ0n) is 16.1. The van der Waals surface area contributed by atoms with Gasteiger partial charge in [-0.1, -0.05) is 30.3 Å². The highest BCUT2D eigenvalue weighted by Crippen LogP contribution is 2.26. The fourth-order valence-electron chi connectivity index (χ4n) is 3.16. The predicted octanol–water partition coefficient (Wildman–Crippen LogP) is 2.66. The third-order valence-electron chi connectivity index (χ3n) is 4.69. The molecule has 0 aliphatic rings. The van der Waals surface area contributed by atoms with E-state index in [-0.39, 0.29) is 25.0 Å². The number of methoxy groups -OCH3 is 1. The Morgan fingerprint density at radius 1 is 1.18 bits per heavy atom. The van der Waals surface area contributed by atoms with Crippen LogP contribution in [0.3, 0.4) is 0 Å². The summed E-state index contributed by atoms with van der Waals surface area (Å²) >= 11 is 0. The van der Waals surface area contributed by atoms with Crippen LogP contribution in [0.5, 0.6) is 5.75 Å². The van der Waals surface area contributed by atoms with Gasteiger partial charge in [-0.15, -0.1) is 0 Å². The number of aryl methyl sites for hydroxylation is 1. The Balaban J connectivity index is 1.70. The molecule has 3 aromatic rings. The minimum absolute atomic E-state index is 0.115. The molecule has 6 nitrogen and oxygen atoms in total. The summed E-state index contributed by atoms with van der Waals surface area (Å²) < 4.78 is 5.19. The summed E-state index contributed by atoms with van der Waals surface area (Å²) in [5, 5.41) is 19.9.